The molecule has 4 nitrogen and oxygen atoms in total. The van der Waals surface area contributed by atoms with Gasteiger partial charge in [0.25, 0.3) is 5.69 Å². The first-order valence-electron chi connectivity index (χ1n) is 15.0. The number of benzene rings is 3. The molecule has 0 spiro atoms. The van der Waals surface area contributed by atoms with Gasteiger partial charge in [-0.05, 0) is 108 Å². The number of nitro groups is 1. The molecule has 4 heteroatoms. The van der Waals surface area contributed by atoms with E-state index in [1.54, 1.807) is 6.07 Å². The van der Waals surface area contributed by atoms with E-state index in [1.165, 1.54) is 47.1 Å². The van der Waals surface area contributed by atoms with Crippen LogP contribution in [-0.4, -0.2) is 11.5 Å². The Hall–Kier alpha value is -3.14. The molecule has 1 atom stereocenters. The molecule has 0 saturated heterocycles. The van der Waals surface area contributed by atoms with Gasteiger partial charge in [0.15, 0.2) is 0 Å². The summed E-state index contributed by atoms with van der Waals surface area (Å²) in [6.07, 6.45) is 8.85. The van der Waals surface area contributed by atoms with Crippen molar-refractivity contribution in [1.82, 2.24) is 0 Å². The number of nitrogens with zero attached hydrogens (tertiary/aromatic N) is 1. The fraction of sp³-hybridized carbons (Fsp3) is 0.486. The van der Waals surface area contributed by atoms with E-state index in [0.29, 0.717) is 5.92 Å². The van der Waals surface area contributed by atoms with Gasteiger partial charge in [-0.25, -0.2) is 0 Å². The molecule has 0 fully saturated rings. The van der Waals surface area contributed by atoms with Gasteiger partial charge >= 0.3 is 0 Å². The molecule has 0 aromatic heterocycles. The zero-order chi connectivity index (χ0) is 28.2. The van der Waals surface area contributed by atoms with Crippen molar-refractivity contribution in [2.24, 2.45) is 5.92 Å². The summed E-state index contributed by atoms with van der Waals surface area (Å²) in [7, 11) is 0. The lowest BCUT2D eigenvalue weighted by Crippen LogP contribution is -2.25. The van der Waals surface area contributed by atoms with Crippen molar-refractivity contribution in [3.63, 3.8) is 0 Å². The van der Waals surface area contributed by atoms with Crippen LogP contribution in [0.2, 0.25) is 0 Å². The Kier molecular flexibility index (Phi) is 9.15. The van der Waals surface area contributed by atoms with E-state index in [2.05, 4.69) is 71.9 Å². The van der Waals surface area contributed by atoms with Gasteiger partial charge in [0.1, 0.15) is 5.75 Å². The minimum Gasteiger partial charge on any atom is -0.493 e. The number of non-ortho nitro benzene ring substituents is 1. The van der Waals surface area contributed by atoms with Crippen LogP contribution in [0.3, 0.4) is 0 Å². The second-order valence-corrected chi connectivity index (χ2v) is 11.5. The second-order valence-electron chi connectivity index (χ2n) is 11.5. The first-order chi connectivity index (χ1) is 18.8. The van der Waals surface area contributed by atoms with E-state index in [9.17, 15) is 10.1 Å². The van der Waals surface area contributed by atoms with Gasteiger partial charge in [0, 0.05) is 17.5 Å². The molecule has 1 aliphatic carbocycles. The Morgan fingerprint density at radius 1 is 0.821 bits per heavy atom. The number of nitro benzene ring substituents is 1. The molecule has 0 amide bonds. The molecule has 4 rings (SSSR count). The number of unbranched alkanes of at least 4 members (excludes halogenated alkanes) is 1. The van der Waals surface area contributed by atoms with Crippen LogP contribution in [-0.2, 0) is 5.41 Å². The Balaban J connectivity index is 1.74. The maximum Gasteiger partial charge on any atom is 0.269 e. The highest BCUT2D eigenvalue weighted by Crippen LogP contribution is 2.55. The van der Waals surface area contributed by atoms with E-state index in [-0.39, 0.29) is 16.0 Å². The highest BCUT2D eigenvalue weighted by atomic mass is 16.6. The summed E-state index contributed by atoms with van der Waals surface area (Å²) < 4.78 is 6.35. The molecule has 0 aliphatic heterocycles. The Morgan fingerprint density at radius 3 is 2.10 bits per heavy atom. The predicted octanol–water partition coefficient (Wildman–Crippen LogP) is 10.3. The Labute approximate surface area is 235 Å². The van der Waals surface area contributed by atoms with Crippen LogP contribution in [0.15, 0.2) is 48.5 Å². The van der Waals surface area contributed by atoms with Crippen molar-refractivity contribution < 1.29 is 9.66 Å². The van der Waals surface area contributed by atoms with Gasteiger partial charge in [-0.2, -0.15) is 0 Å². The lowest BCUT2D eigenvalue weighted by atomic mass is 9.71. The first kappa shape index (κ1) is 28.9. The quantitative estimate of drug-likeness (QED) is 0.164. The number of fused-ring (bicyclic) bond motifs is 3. The van der Waals surface area contributed by atoms with Crippen molar-refractivity contribution in [2.75, 3.05) is 6.61 Å². The van der Waals surface area contributed by atoms with E-state index < -0.39 is 0 Å². The number of ether oxygens (including phenoxy) is 1. The first-order valence-corrected chi connectivity index (χ1v) is 15.0. The molecular weight excluding hydrogens is 482 g/mol. The zero-order valence-corrected chi connectivity index (χ0v) is 24.7. The molecule has 0 saturated carbocycles. The minimum absolute atomic E-state index is 0.181. The van der Waals surface area contributed by atoms with E-state index in [1.807, 2.05) is 12.1 Å². The van der Waals surface area contributed by atoms with Crippen LogP contribution < -0.4 is 4.74 Å². The average molecular weight is 528 g/mol. The molecule has 208 valence electrons. The third-order valence-electron chi connectivity index (χ3n) is 8.76. The zero-order valence-electron chi connectivity index (χ0n) is 24.7. The Bertz CT molecular complexity index is 1320. The van der Waals surface area contributed by atoms with Crippen molar-refractivity contribution in [2.45, 2.75) is 98.3 Å². The Morgan fingerprint density at radius 2 is 1.49 bits per heavy atom. The van der Waals surface area contributed by atoms with Crippen LogP contribution in [0.1, 0.15) is 101 Å². The maximum atomic E-state index is 11.7. The van der Waals surface area contributed by atoms with Crippen LogP contribution >= 0.6 is 0 Å². The summed E-state index contributed by atoms with van der Waals surface area (Å²) >= 11 is 0. The highest BCUT2D eigenvalue weighted by Gasteiger charge is 2.42. The van der Waals surface area contributed by atoms with Crippen molar-refractivity contribution in [3.05, 3.63) is 80.9 Å². The smallest absolute Gasteiger partial charge is 0.269 e. The van der Waals surface area contributed by atoms with Gasteiger partial charge in [-0.15, -0.1) is 0 Å². The molecule has 1 unspecified atom stereocenters. The van der Waals surface area contributed by atoms with Gasteiger partial charge in [0.2, 0.25) is 0 Å². The second kappa shape index (κ2) is 12.4. The fourth-order valence-corrected chi connectivity index (χ4v) is 6.64. The summed E-state index contributed by atoms with van der Waals surface area (Å²) in [6, 6.07) is 16.8. The molecule has 0 N–H and O–H groups in total. The third-order valence-corrected chi connectivity index (χ3v) is 8.76. The van der Waals surface area contributed by atoms with Crippen LogP contribution in [0.5, 0.6) is 5.75 Å². The lowest BCUT2D eigenvalue weighted by molar-refractivity contribution is -0.384. The molecule has 0 bridgehead atoms. The van der Waals surface area contributed by atoms with E-state index in [0.717, 1.165) is 61.2 Å². The van der Waals surface area contributed by atoms with Crippen molar-refractivity contribution >= 4 is 5.69 Å². The van der Waals surface area contributed by atoms with E-state index >= 15 is 0 Å². The molecule has 3 aromatic rings. The van der Waals surface area contributed by atoms with Crippen LogP contribution in [0, 0.1) is 29.9 Å². The molecule has 1 aliphatic rings. The average Bonchev–Trinajstić information content (AvgIpc) is 3.19. The molecule has 0 radical (unpaired) electrons. The molecule has 3 aromatic carbocycles. The number of aryl methyl sites for hydroxylation is 2. The fourth-order valence-electron chi connectivity index (χ4n) is 6.64. The molecule has 39 heavy (non-hydrogen) atoms. The van der Waals surface area contributed by atoms with Gasteiger partial charge in [-0.1, -0.05) is 71.9 Å². The van der Waals surface area contributed by atoms with Crippen molar-refractivity contribution in [3.8, 4) is 28.0 Å². The largest absolute Gasteiger partial charge is 0.493 e. The number of rotatable bonds is 13. The minimum atomic E-state index is -0.264. The highest BCUT2D eigenvalue weighted by molar-refractivity contribution is 5.85. The summed E-state index contributed by atoms with van der Waals surface area (Å²) in [5.74, 6) is 1.59. The third kappa shape index (κ3) is 5.62. The van der Waals surface area contributed by atoms with Gasteiger partial charge in [-0.3, -0.25) is 10.1 Å². The molecule has 0 heterocycles. The normalized spacial score (nSPS) is 14.1. The van der Waals surface area contributed by atoms with Gasteiger partial charge < -0.3 is 4.74 Å². The van der Waals surface area contributed by atoms with Crippen LogP contribution in [0.4, 0.5) is 5.69 Å². The summed E-state index contributed by atoms with van der Waals surface area (Å²) in [5, 5.41) is 11.7. The van der Waals surface area contributed by atoms with Gasteiger partial charge in [0.05, 0.1) is 11.5 Å². The molecular formula is C35H45NO3. The lowest BCUT2D eigenvalue weighted by Gasteiger charge is -2.32. The van der Waals surface area contributed by atoms with Crippen molar-refractivity contribution in [1.29, 1.82) is 0 Å². The number of hydrogen-bond donors (Lipinski definition) is 0. The topological polar surface area (TPSA) is 52.4 Å². The standard InChI is InChI=1S/C35H45NO3/c1-7-11-12-26(10-4)23-39-34-20-24(5)31(19-25(34)6)27-13-15-29-30-16-14-28(36(37)38)22-33(30)35(17-8-2,18-9-3)32(29)21-27/h13-16,19-22,26H,7-12,17-18,23H2,1-6H3. The SMILES string of the molecule is CCCCC(CC)COc1cc(C)c(-c2ccc3c(c2)C(CCC)(CCC)c2cc([N+](=O)[O-])ccc2-3)cc1C. The maximum absolute atomic E-state index is 11.7. The van der Waals surface area contributed by atoms with Crippen LogP contribution in [0.25, 0.3) is 22.3 Å². The summed E-state index contributed by atoms with van der Waals surface area (Å²) in [4.78, 5) is 11.4. The number of hydrogen-bond acceptors (Lipinski definition) is 3. The summed E-state index contributed by atoms with van der Waals surface area (Å²) in [6.45, 7) is 14.0. The monoisotopic (exact) mass is 527 g/mol. The van der Waals surface area contributed by atoms with E-state index in [4.69, 9.17) is 4.74 Å². The predicted molar refractivity (Wildman–Crippen MR) is 163 cm³/mol. The summed E-state index contributed by atoms with van der Waals surface area (Å²) in [5.41, 5.74) is 9.59.